The largest absolute Gasteiger partial charge is 0.337 e. The summed E-state index contributed by atoms with van der Waals surface area (Å²) in [7, 11) is 0. The summed E-state index contributed by atoms with van der Waals surface area (Å²) in [4.78, 5) is 27.4. The van der Waals surface area contributed by atoms with Crippen molar-refractivity contribution < 1.29 is 9.59 Å². The van der Waals surface area contributed by atoms with E-state index in [4.69, 9.17) is 0 Å². The molecule has 1 spiro atoms. The van der Waals surface area contributed by atoms with Crippen molar-refractivity contribution in [1.29, 1.82) is 0 Å². The van der Waals surface area contributed by atoms with Gasteiger partial charge < -0.3 is 4.90 Å². The molecule has 122 valence electrons. The number of benzene rings is 1. The highest BCUT2D eigenvalue weighted by molar-refractivity contribution is 5.84. The van der Waals surface area contributed by atoms with E-state index in [9.17, 15) is 9.59 Å². The van der Waals surface area contributed by atoms with Crippen molar-refractivity contribution in [3.63, 3.8) is 0 Å². The van der Waals surface area contributed by atoms with Crippen molar-refractivity contribution in [3.8, 4) is 0 Å². The predicted octanol–water partition coefficient (Wildman–Crippen LogP) is 3.37. The van der Waals surface area contributed by atoms with E-state index in [1.165, 1.54) is 5.56 Å². The zero-order chi connectivity index (χ0) is 15.9. The van der Waals surface area contributed by atoms with Crippen molar-refractivity contribution in [1.82, 2.24) is 4.90 Å². The van der Waals surface area contributed by atoms with Crippen LogP contribution in [0.15, 0.2) is 30.3 Å². The molecule has 1 aromatic carbocycles. The predicted molar refractivity (Wildman–Crippen MR) is 88.9 cm³/mol. The fraction of sp³-hybridized carbons (Fsp3) is 0.600. The number of nitrogens with zero attached hydrogens (tertiary/aromatic N) is 1. The standard InChI is InChI=1S/C20H25NO2/c22-18-10-12-20-11-5-13-21(20)19(23)9-4-8-17(20)16(18)14-15-6-2-1-3-7-15/h1-3,6-7,16-17H,4-5,8-14H2/t16-,17+,20-/m0/s1. The highest BCUT2D eigenvalue weighted by Crippen LogP contribution is 2.51. The lowest BCUT2D eigenvalue weighted by molar-refractivity contribution is -0.143. The number of rotatable bonds is 2. The molecule has 0 N–H and O–H groups in total. The highest BCUT2D eigenvalue weighted by atomic mass is 16.2. The first-order chi connectivity index (χ1) is 11.2. The second-order valence-electron chi connectivity index (χ2n) is 7.51. The molecule has 3 atom stereocenters. The minimum absolute atomic E-state index is 0.0130. The summed E-state index contributed by atoms with van der Waals surface area (Å²) in [5, 5.41) is 0. The Morgan fingerprint density at radius 3 is 2.70 bits per heavy atom. The van der Waals surface area contributed by atoms with Crippen LogP contribution in [0.5, 0.6) is 0 Å². The maximum absolute atomic E-state index is 12.7. The molecule has 1 aliphatic carbocycles. The van der Waals surface area contributed by atoms with Crippen LogP contribution in [0.1, 0.15) is 50.5 Å². The number of hydrogen-bond acceptors (Lipinski definition) is 2. The monoisotopic (exact) mass is 311 g/mol. The van der Waals surface area contributed by atoms with E-state index >= 15 is 0 Å². The average Bonchev–Trinajstić information content (AvgIpc) is 2.93. The lowest BCUT2D eigenvalue weighted by Crippen LogP contribution is -2.57. The zero-order valence-electron chi connectivity index (χ0n) is 13.7. The first kappa shape index (κ1) is 14.9. The van der Waals surface area contributed by atoms with Gasteiger partial charge in [-0.05, 0) is 50.0 Å². The molecule has 3 aliphatic rings. The molecule has 1 aromatic rings. The van der Waals surface area contributed by atoms with E-state index in [2.05, 4.69) is 29.2 Å². The third-order valence-corrected chi connectivity index (χ3v) is 6.43. The zero-order valence-corrected chi connectivity index (χ0v) is 13.7. The van der Waals surface area contributed by atoms with Crippen LogP contribution in [-0.4, -0.2) is 28.7 Å². The Bertz CT molecular complexity index is 611. The summed E-state index contributed by atoms with van der Waals surface area (Å²) >= 11 is 0. The molecule has 1 amide bonds. The molecular weight excluding hydrogens is 286 g/mol. The van der Waals surface area contributed by atoms with Gasteiger partial charge in [-0.25, -0.2) is 0 Å². The van der Waals surface area contributed by atoms with Crippen molar-refractivity contribution in [2.45, 2.75) is 56.9 Å². The number of ketones is 1. The molecule has 23 heavy (non-hydrogen) atoms. The van der Waals surface area contributed by atoms with E-state index < -0.39 is 0 Å². The van der Waals surface area contributed by atoms with Crippen LogP contribution < -0.4 is 0 Å². The van der Waals surface area contributed by atoms with Crippen LogP contribution >= 0.6 is 0 Å². The van der Waals surface area contributed by atoms with Gasteiger partial charge in [0.05, 0.1) is 0 Å². The Kier molecular flexibility index (Phi) is 3.74. The fourth-order valence-electron chi connectivity index (χ4n) is 5.43. The molecule has 2 saturated heterocycles. The summed E-state index contributed by atoms with van der Waals surface area (Å²) in [5.74, 6) is 1.21. The van der Waals surface area contributed by atoms with E-state index in [0.29, 0.717) is 30.4 Å². The Morgan fingerprint density at radius 2 is 1.87 bits per heavy atom. The van der Waals surface area contributed by atoms with Crippen LogP contribution in [0.25, 0.3) is 0 Å². The Hall–Kier alpha value is -1.64. The SMILES string of the molecule is O=C1CC[C@]23CCCN2C(=O)CCC[C@@H]3[C@@H]1Cc1ccccc1. The van der Waals surface area contributed by atoms with Gasteiger partial charge in [0.15, 0.2) is 0 Å². The van der Waals surface area contributed by atoms with Gasteiger partial charge in [0, 0.05) is 30.8 Å². The first-order valence-electron chi connectivity index (χ1n) is 9.08. The number of carbonyl (C=O) groups is 2. The second kappa shape index (κ2) is 5.77. The minimum Gasteiger partial charge on any atom is -0.337 e. The number of amides is 1. The summed E-state index contributed by atoms with van der Waals surface area (Å²) in [6, 6.07) is 10.4. The first-order valence-corrected chi connectivity index (χ1v) is 9.08. The summed E-state index contributed by atoms with van der Waals surface area (Å²) in [5.41, 5.74) is 1.24. The van der Waals surface area contributed by atoms with E-state index in [1.807, 2.05) is 6.07 Å². The average molecular weight is 311 g/mol. The lowest BCUT2D eigenvalue weighted by atomic mass is 9.62. The van der Waals surface area contributed by atoms with Crippen LogP contribution in [0, 0.1) is 11.8 Å². The molecule has 3 heteroatoms. The van der Waals surface area contributed by atoms with Gasteiger partial charge in [0.2, 0.25) is 5.91 Å². The fourth-order valence-corrected chi connectivity index (χ4v) is 5.43. The Balaban J connectivity index is 1.68. The summed E-state index contributed by atoms with van der Waals surface area (Å²) in [6.07, 6.45) is 7.24. The van der Waals surface area contributed by atoms with Gasteiger partial charge in [-0.3, -0.25) is 9.59 Å². The molecule has 3 fully saturated rings. The van der Waals surface area contributed by atoms with E-state index in [0.717, 1.165) is 45.1 Å². The summed E-state index contributed by atoms with van der Waals surface area (Å²) in [6.45, 7) is 0.904. The lowest BCUT2D eigenvalue weighted by Gasteiger charge is -2.49. The molecule has 2 heterocycles. The normalized spacial score (nSPS) is 34.0. The number of hydrogen-bond donors (Lipinski definition) is 0. The second-order valence-corrected chi connectivity index (χ2v) is 7.51. The van der Waals surface area contributed by atoms with Crippen molar-refractivity contribution in [2.24, 2.45) is 11.8 Å². The highest BCUT2D eigenvalue weighted by Gasteiger charge is 2.55. The molecule has 0 aromatic heterocycles. The van der Waals surface area contributed by atoms with Gasteiger partial charge in [-0.15, -0.1) is 0 Å². The van der Waals surface area contributed by atoms with Crippen LogP contribution in [0.3, 0.4) is 0 Å². The van der Waals surface area contributed by atoms with Crippen molar-refractivity contribution >= 4 is 11.7 Å². The quantitative estimate of drug-likeness (QED) is 0.840. The van der Waals surface area contributed by atoms with Gasteiger partial charge >= 0.3 is 0 Å². The molecule has 3 nitrogen and oxygen atoms in total. The third kappa shape index (κ3) is 2.41. The molecule has 0 unspecified atom stereocenters. The maximum Gasteiger partial charge on any atom is 0.223 e. The van der Waals surface area contributed by atoms with Gasteiger partial charge in [-0.2, -0.15) is 0 Å². The van der Waals surface area contributed by atoms with Crippen LogP contribution in [0.4, 0.5) is 0 Å². The van der Waals surface area contributed by atoms with Crippen LogP contribution in [-0.2, 0) is 16.0 Å². The Labute approximate surface area is 138 Å². The Morgan fingerprint density at radius 1 is 1.04 bits per heavy atom. The third-order valence-electron chi connectivity index (χ3n) is 6.43. The van der Waals surface area contributed by atoms with Crippen LogP contribution in [0.2, 0.25) is 0 Å². The smallest absolute Gasteiger partial charge is 0.223 e. The topological polar surface area (TPSA) is 37.4 Å². The number of Topliss-reactive ketones (excluding diaryl/α,β-unsaturated/α-hetero) is 1. The number of carbonyl (C=O) groups excluding carboxylic acids is 2. The van der Waals surface area contributed by atoms with E-state index in [1.54, 1.807) is 0 Å². The molecule has 4 rings (SSSR count). The van der Waals surface area contributed by atoms with E-state index in [-0.39, 0.29) is 11.5 Å². The summed E-state index contributed by atoms with van der Waals surface area (Å²) < 4.78 is 0. The molecular formula is C20H25NO2. The molecule has 2 aliphatic heterocycles. The van der Waals surface area contributed by atoms with Gasteiger partial charge in [0.1, 0.15) is 5.78 Å². The van der Waals surface area contributed by atoms with Gasteiger partial charge in [0.25, 0.3) is 0 Å². The molecule has 0 radical (unpaired) electrons. The van der Waals surface area contributed by atoms with Gasteiger partial charge in [-0.1, -0.05) is 30.3 Å². The minimum atomic E-state index is -0.0130. The van der Waals surface area contributed by atoms with Crippen molar-refractivity contribution in [2.75, 3.05) is 6.54 Å². The molecule has 1 saturated carbocycles. The van der Waals surface area contributed by atoms with Crippen molar-refractivity contribution in [3.05, 3.63) is 35.9 Å². The molecule has 0 bridgehead atoms. The maximum atomic E-state index is 12.7.